The number of nitrogens with zero attached hydrogens (tertiary/aromatic N) is 1. The predicted molar refractivity (Wildman–Crippen MR) is 65.9 cm³/mol. The molecule has 0 aromatic rings. The Balaban J connectivity index is 2.08. The summed E-state index contributed by atoms with van der Waals surface area (Å²) in [6, 6.07) is -0.0757. The summed E-state index contributed by atoms with van der Waals surface area (Å²) < 4.78 is 5.38. The van der Waals surface area contributed by atoms with Gasteiger partial charge in [-0.3, -0.25) is 0 Å². The smallest absolute Gasteiger partial charge is 0.317 e. The third-order valence-corrected chi connectivity index (χ3v) is 2.73. The Morgan fingerprint density at radius 2 is 2.35 bits per heavy atom. The Hall–Kier alpha value is -0.810. The molecule has 0 aromatic heterocycles. The molecule has 0 aliphatic carbocycles. The largest absolute Gasteiger partial charge is 0.391 e. The fraction of sp³-hybridized carbons (Fsp3) is 0.917. The van der Waals surface area contributed by atoms with Crippen LogP contribution in [0.1, 0.15) is 33.1 Å². The Labute approximate surface area is 103 Å². The van der Waals surface area contributed by atoms with E-state index in [4.69, 9.17) is 4.74 Å². The lowest BCUT2D eigenvalue weighted by atomic mass is 10.1. The zero-order valence-electron chi connectivity index (χ0n) is 10.8. The minimum atomic E-state index is -0.362. The molecule has 2 amide bonds. The normalized spacial score (nSPS) is 20.7. The van der Waals surface area contributed by atoms with Gasteiger partial charge in [-0.1, -0.05) is 0 Å². The molecule has 1 fully saturated rings. The summed E-state index contributed by atoms with van der Waals surface area (Å²) in [5, 5.41) is 12.3. The molecule has 0 aromatic carbocycles. The predicted octanol–water partition coefficient (Wildman–Crippen LogP) is 0.968. The first-order valence-electron chi connectivity index (χ1n) is 6.42. The molecule has 0 spiro atoms. The van der Waals surface area contributed by atoms with Gasteiger partial charge >= 0.3 is 6.03 Å². The molecule has 0 bridgehead atoms. The van der Waals surface area contributed by atoms with E-state index in [2.05, 4.69) is 5.32 Å². The number of likely N-dealkylation sites (tertiary alicyclic amines) is 1. The summed E-state index contributed by atoms with van der Waals surface area (Å²) in [4.78, 5) is 13.4. The lowest BCUT2D eigenvalue weighted by Gasteiger charge is -2.30. The van der Waals surface area contributed by atoms with E-state index in [0.717, 1.165) is 25.8 Å². The number of β-amino-alcohol motifs (C(OH)–C–C–N with tert-alkyl or cyclic N) is 1. The molecule has 0 saturated carbocycles. The molecule has 2 N–H and O–H groups in total. The first kappa shape index (κ1) is 14.3. The maximum atomic E-state index is 11.7. The Morgan fingerprint density at radius 1 is 1.59 bits per heavy atom. The molecule has 1 saturated heterocycles. The van der Waals surface area contributed by atoms with Crippen molar-refractivity contribution in [2.45, 2.75) is 45.3 Å². The SMILES string of the molecule is CC(C)OCCCNC(=O)N1CCCC(O)C1. The van der Waals surface area contributed by atoms with Gasteiger partial charge < -0.3 is 20.1 Å². The van der Waals surface area contributed by atoms with E-state index in [9.17, 15) is 9.90 Å². The molecule has 1 aliphatic rings. The number of hydrogen-bond donors (Lipinski definition) is 2. The third kappa shape index (κ3) is 5.89. The molecule has 17 heavy (non-hydrogen) atoms. The van der Waals surface area contributed by atoms with Crippen LogP contribution in [0, 0.1) is 0 Å². The van der Waals surface area contributed by atoms with Crippen LogP contribution in [0.5, 0.6) is 0 Å². The van der Waals surface area contributed by atoms with Gasteiger partial charge in [-0.15, -0.1) is 0 Å². The van der Waals surface area contributed by atoms with Gasteiger partial charge in [-0.05, 0) is 33.1 Å². The molecule has 1 heterocycles. The molecule has 1 unspecified atom stereocenters. The number of carbonyl (C=O) groups is 1. The van der Waals surface area contributed by atoms with Crippen LogP contribution in [0.2, 0.25) is 0 Å². The highest BCUT2D eigenvalue weighted by Crippen LogP contribution is 2.09. The third-order valence-electron chi connectivity index (χ3n) is 2.73. The van der Waals surface area contributed by atoms with Crippen molar-refractivity contribution in [3.63, 3.8) is 0 Å². The number of urea groups is 1. The maximum Gasteiger partial charge on any atom is 0.317 e. The molecule has 0 radical (unpaired) electrons. The fourth-order valence-electron chi connectivity index (χ4n) is 1.84. The fourth-order valence-corrected chi connectivity index (χ4v) is 1.84. The van der Waals surface area contributed by atoms with Crippen molar-refractivity contribution in [2.75, 3.05) is 26.2 Å². The van der Waals surface area contributed by atoms with Crippen LogP contribution >= 0.6 is 0 Å². The number of piperidine rings is 1. The van der Waals surface area contributed by atoms with E-state index < -0.39 is 0 Å². The Bertz CT molecular complexity index is 234. The second-order valence-electron chi connectivity index (χ2n) is 4.75. The van der Waals surface area contributed by atoms with Crippen LogP contribution < -0.4 is 5.32 Å². The molecule has 1 rings (SSSR count). The van der Waals surface area contributed by atoms with Crippen LogP contribution in [0.3, 0.4) is 0 Å². The van der Waals surface area contributed by atoms with Gasteiger partial charge in [0, 0.05) is 26.2 Å². The van der Waals surface area contributed by atoms with Crippen LogP contribution in [-0.4, -0.2) is 54.5 Å². The first-order chi connectivity index (χ1) is 8.09. The molecule has 5 nitrogen and oxygen atoms in total. The number of ether oxygens (including phenoxy) is 1. The summed E-state index contributed by atoms with van der Waals surface area (Å²) in [5.74, 6) is 0. The van der Waals surface area contributed by atoms with Crippen molar-refractivity contribution < 1.29 is 14.6 Å². The topological polar surface area (TPSA) is 61.8 Å². The average molecular weight is 244 g/mol. The summed E-state index contributed by atoms with van der Waals surface area (Å²) in [6.07, 6.45) is 2.37. The number of carbonyl (C=O) groups excluding carboxylic acids is 1. The van der Waals surface area contributed by atoms with Crippen LogP contribution in [0.25, 0.3) is 0 Å². The molecule has 1 atom stereocenters. The molecule has 1 aliphatic heterocycles. The van der Waals surface area contributed by atoms with E-state index in [1.807, 2.05) is 13.8 Å². The van der Waals surface area contributed by atoms with Crippen LogP contribution in [0.4, 0.5) is 4.79 Å². The number of aliphatic hydroxyl groups is 1. The molecule has 100 valence electrons. The van der Waals surface area contributed by atoms with Crippen molar-refractivity contribution >= 4 is 6.03 Å². The molecular weight excluding hydrogens is 220 g/mol. The lowest BCUT2D eigenvalue weighted by molar-refractivity contribution is 0.0746. The van der Waals surface area contributed by atoms with Crippen molar-refractivity contribution in [1.29, 1.82) is 0 Å². The van der Waals surface area contributed by atoms with Crippen molar-refractivity contribution in [2.24, 2.45) is 0 Å². The molecular formula is C12H24N2O3. The highest BCUT2D eigenvalue weighted by atomic mass is 16.5. The van der Waals surface area contributed by atoms with Gasteiger partial charge in [0.1, 0.15) is 0 Å². The number of aliphatic hydroxyl groups excluding tert-OH is 1. The zero-order chi connectivity index (χ0) is 12.7. The van der Waals surface area contributed by atoms with Gasteiger partial charge in [0.15, 0.2) is 0 Å². The number of nitrogens with one attached hydrogen (secondary N) is 1. The second kappa shape index (κ2) is 7.50. The minimum absolute atomic E-state index is 0.0757. The number of amides is 2. The Morgan fingerprint density at radius 3 is 3.00 bits per heavy atom. The standard InChI is InChI=1S/C12H24N2O3/c1-10(2)17-8-4-6-13-12(16)14-7-3-5-11(15)9-14/h10-11,15H,3-9H2,1-2H3,(H,13,16). The van der Waals surface area contributed by atoms with Gasteiger partial charge in [-0.2, -0.15) is 0 Å². The highest BCUT2D eigenvalue weighted by Gasteiger charge is 2.21. The summed E-state index contributed by atoms with van der Waals surface area (Å²) in [6.45, 7) is 6.47. The van der Waals surface area contributed by atoms with E-state index in [1.54, 1.807) is 4.90 Å². The average Bonchev–Trinajstić information content (AvgIpc) is 2.28. The number of hydrogen-bond acceptors (Lipinski definition) is 3. The highest BCUT2D eigenvalue weighted by molar-refractivity contribution is 5.74. The zero-order valence-corrected chi connectivity index (χ0v) is 10.8. The first-order valence-corrected chi connectivity index (χ1v) is 6.42. The van der Waals surface area contributed by atoms with Gasteiger partial charge in [0.2, 0.25) is 0 Å². The van der Waals surface area contributed by atoms with Gasteiger partial charge in [-0.25, -0.2) is 4.79 Å². The van der Waals surface area contributed by atoms with E-state index in [-0.39, 0.29) is 18.2 Å². The number of rotatable bonds is 5. The molecule has 5 heteroatoms. The van der Waals surface area contributed by atoms with Crippen LogP contribution in [0.15, 0.2) is 0 Å². The summed E-state index contributed by atoms with van der Waals surface area (Å²) in [7, 11) is 0. The van der Waals surface area contributed by atoms with E-state index in [1.165, 1.54) is 0 Å². The van der Waals surface area contributed by atoms with Gasteiger partial charge in [0.05, 0.1) is 12.2 Å². The van der Waals surface area contributed by atoms with Crippen molar-refractivity contribution in [3.05, 3.63) is 0 Å². The Kier molecular flexibility index (Phi) is 6.29. The van der Waals surface area contributed by atoms with Crippen LogP contribution in [-0.2, 0) is 4.74 Å². The second-order valence-corrected chi connectivity index (χ2v) is 4.75. The monoisotopic (exact) mass is 244 g/mol. The summed E-state index contributed by atoms with van der Waals surface area (Å²) >= 11 is 0. The quantitative estimate of drug-likeness (QED) is 0.708. The van der Waals surface area contributed by atoms with Crippen molar-refractivity contribution in [1.82, 2.24) is 10.2 Å². The van der Waals surface area contributed by atoms with E-state index in [0.29, 0.717) is 19.7 Å². The lowest BCUT2D eigenvalue weighted by Crippen LogP contribution is -2.47. The minimum Gasteiger partial charge on any atom is -0.391 e. The van der Waals surface area contributed by atoms with Gasteiger partial charge in [0.25, 0.3) is 0 Å². The summed E-state index contributed by atoms with van der Waals surface area (Å²) in [5.41, 5.74) is 0. The maximum absolute atomic E-state index is 11.7. The van der Waals surface area contributed by atoms with E-state index >= 15 is 0 Å². The van der Waals surface area contributed by atoms with Crippen molar-refractivity contribution in [3.8, 4) is 0 Å².